The number of fused-ring (bicyclic) bond motifs is 1. The zero-order valence-corrected chi connectivity index (χ0v) is 9.65. The molecule has 0 aromatic carbocycles. The molecule has 1 unspecified atom stereocenters. The van der Waals surface area contributed by atoms with E-state index in [0.717, 1.165) is 27.8 Å². The van der Waals surface area contributed by atoms with E-state index in [9.17, 15) is 4.79 Å². The van der Waals surface area contributed by atoms with E-state index in [4.69, 9.17) is 0 Å². The summed E-state index contributed by atoms with van der Waals surface area (Å²) in [7, 11) is 0. The molecule has 3 heterocycles. The van der Waals surface area contributed by atoms with Gasteiger partial charge in [-0.15, -0.1) is 11.3 Å². The lowest BCUT2D eigenvalue weighted by molar-refractivity contribution is -0.108. The molecule has 0 radical (unpaired) electrons. The maximum atomic E-state index is 11.3. The monoisotopic (exact) mass is 243 g/mol. The Balaban J connectivity index is 2.19. The van der Waals surface area contributed by atoms with E-state index in [2.05, 4.69) is 15.0 Å². The molecular weight excluding hydrogens is 234 g/mol. The molecule has 0 spiro atoms. The molecule has 3 rings (SSSR count). The number of aromatic amines is 1. The zero-order chi connectivity index (χ0) is 11.7. The third kappa shape index (κ3) is 1.64. The lowest BCUT2D eigenvalue weighted by atomic mass is 10.00. The van der Waals surface area contributed by atoms with Crippen LogP contribution in [-0.2, 0) is 4.79 Å². The van der Waals surface area contributed by atoms with Crippen molar-refractivity contribution in [2.45, 2.75) is 5.92 Å². The van der Waals surface area contributed by atoms with Gasteiger partial charge in [0.1, 0.15) is 6.29 Å². The molecule has 3 aromatic rings. The second-order valence-electron chi connectivity index (χ2n) is 3.66. The largest absolute Gasteiger partial charge is 0.343 e. The summed E-state index contributed by atoms with van der Waals surface area (Å²) in [6.45, 7) is 0. The predicted molar refractivity (Wildman–Crippen MR) is 66.1 cm³/mol. The molecule has 0 saturated heterocycles. The number of aromatic nitrogens is 3. The Labute approximate surface area is 101 Å². The first-order chi connectivity index (χ1) is 8.40. The Morgan fingerprint density at radius 1 is 1.41 bits per heavy atom. The number of imidazole rings is 1. The fourth-order valence-electron chi connectivity index (χ4n) is 1.88. The van der Waals surface area contributed by atoms with E-state index in [-0.39, 0.29) is 5.92 Å². The van der Waals surface area contributed by atoms with Crippen molar-refractivity contribution in [3.63, 3.8) is 0 Å². The average molecular weight is 243 g/mol. The van der Waals surface area contributed by atoms with E-state index in [1.165, 1.54) is 0 Å². The van der Waals surface area contributed by atoms with Gasteiger partial charge in [0.2, 0.25) is 0 Å². The van der Waals surface area contributed by atoms with Crippen LogP contribution in [-0.4, -0.2) is 21.2 Å². The molecule has 0 aliphatic carbocycles. The summed E-state index contributed by atoms with van der Waals surface area (Å²) in [5.41, 5.74) is 2.51. The van der Waals surface area contributed by atoms with Gasteiger partial charge in [0.25, 0.3) is 0 Å². The Morgan fingerprint density at radius 3 is 3.12 bits per heavy atom. The standard InChI is InChI=1S/C12H9N3OS/c16-6-9(11-2-1-3-17-11)8-4-13-5-10-12(8)15-7-14-10/h1-7,9H,(H,14,15). The topological polar surface area (TPSA) is 58.6 Å². The highest BCUT2D eigenvalue weighted by Crippen LogP contribution is 2.29. The van der Waals surface area contributed by atoms with Gasteiger partial charge in [-0.3, -0.25) is 4.98 Å². The summed E-state index contributed by atoms with van der Waals surface area (Å²) in [6, 6.07) is 3.89. The highest BCUT2D eigenvalue weighted by Gasteiger charge is 2.18. The molecule has 0 bridgehead atoms. The molecule has 84 valence electrons. The van der Waals surface area contributed by atoms with Crippen LogP contribution >= 0.6 is 11.3 Å². The van der Waals surface area contributed by atoms with Crippen LogP contribution in [0.2, 0.25) is 0 Å². The minimum Gasteiger partial charge on any atom is -0.343 e. The van der Waals surface area contributed by atoms with Gasteiger partial charge in [-0.25, -0.2) is 4.98 Å². The van der Waals surface area contributed by atoms with Crippen molar-refractivity contribution >= 4 is 28.7 Å². The molecule has 5 heteroatoms. The van der Waals surface area contributed by atoms with Crippen molar-refractivity contribution in [2.75, 3.05) is 0 Å². The molecule has 0 saturated carbocycles. The molecule has 1 atom stereocenters. The van der Waals surface area contributed by atoms with Crippen molar-refractivity contribution < 1.29 is 4.79 Å². The Morgan fingerprint density at radius 2 is 2.35 bits per heavy atom. The summed E-state index contributed by atoms with van der Waals surface area (Å²) >= 11 is 1.56. The number of nitrogens with zero attached hydrogens (tertiary/aromatic N) is 2. The number of carbonyl (C=O) groups is 1. The predicted octanol–water partition coefficient (Wildman–Crippen LogP) is 2.35. The molecule has 0 amide bonds. The highest BCUT2D eigenvalue weighted by atomic mass is 32.1. The molecule has 3 aromatic heterocycles. The van der Waals surface area contributed by atoms with Crippen LogP contribution in [0.15, 0.2) is 36.2 Å². The van der Waals surface area contributed by atoms with Gasteiger partial charge in [-0.2, -0.15) is 0 Å². The first-order valence-electron chi connectivity index (χ1n) is 5.16. The van der Waals surface area contributed by atoms with Gasteiger partial charge in [-0.1, -0.05) is 6.07 Å². The van der Waals surface area contributed by atoms with E-state index >= 15 is 0 Å². The first kappa shape index (κ1) is 10.2. The number of hydrogen-bond acceptors (Lipinski definition) is 4. The first-order valence-corrected chi connectivity index (χ1v) is 6.04. The molecular formula is C12H9N3OS. The van der Waals surface area contributed by atoms with Crippen LogP contribution < -0.4 is 0 Å². The van der Waals surface area contributed by atoms with Crippen molar-refractivity contribution in [1.82, 2.24) is 15.0 Å². The number of nitrogens with one attached hydrogen (secondary N) is 1. The van der Waals surface area contributed by atoms with Gasteiger partial charge < -0.3 is 9.78 Å². The number of aldehydes is 1. The number of carbonyl (C=O) groups excluding carboxylic acids is 1. The number of thiophene rings is 1. The number of pyridine rings is 1. The van der Waals surface area contributed by atoms with Gasteiger partial charge in [0.05, 0.1) is 29.5 Å². The third-order valence-corrected chi connectivity index (χ3v) is 3.64. The zero-order valence-electron chi connectivity index (χ0n) is 8.83. The number of rotatable bonds is 3. The average Bonchev–Trinajstić information content (AvgIpc) is 3.00. The van der Waals surface area contributed by atoms with E-state index in [1.807, 2.05) is 17.5 Å². The van der Waals surface area contributed by atoms with E-state index in [1.54, 1.807) is 30.1 Å². The molecule has 0 aliphatic rings. The van der Waals surface area contributed by atoms with Crippen LogP contribution in [0.3, 0.4) is 0 Å². The fraction of sp³-hybridized carbons (Fsp3) is 0.0833. The normalized spacial score (nSPS) is 12.7. The lowest BCUT2D eigenvalue weighted by Crippen LogP contribution is -2.02. The maximum Gasteiger partial charge on any atom is 0.132 e. The fourth-order valence-corrected chi connectivity index (χ4v) is 2.68. The van der Waals surface area contributed by atoms with E-state index in [0.29, 0.717) is 0 Å². The molecule has 1 N–H and O–H groups in total. The van der Waals surface area contributed by atoms with Crippen molar-refractivity contribution in [3.05, 3.63) is 46.7 Å². The van der Waals surface area contributed by atoms with Crippen LogP contribution in [0.25, 0.3) is 11.0 Å². The third-order valence-electron chi connectivity index (χ3n) is 2.68. The summed E-state index contributed by atoms with van der Waals surface area (Å²) in [4.78, 5) is 23.7. The van der Waals surface area contributed by atoms with Gasteiger partial charge in [0.15, 0.2) is 0 Å². The minimum atomic E-state index is -0.283. The molecule has 17 heavy (non-hydrogen) atoms. The van der Waals surface area contributed by atoms with Gasteiger partial charge in [0, 0.05) is 16.6 Å². The van der Waals surface area contributed by atoms with Crippen LogP contribution in [0, 0.1) is 0 Å². The summed E-state index contributed by atoms with van der Waals surface area (Å²) in [5, 5.41) is 1.96. The smallest absolute Gasteiger partial charge is 0.132 e. The lowest BCUT2D eigenvalue weighted by Gasteiger charge is -2.08. The second-order valence-corrected chi connectivity index (χ2v) is 4.64. The van der Waals surface area contributed by atoms with Crippen molar-refractivity contribution in [2.24, 2.45) is 0 Å². The van der Waals surface area contributed by atoms with Crippen molar-refractivity contribution in [1.29, 1.82) is 0 Å². The van der Waals surface area contributed by atoms with Gasteiger partial charge in [-0.05, 0) is 11.4 Å². The molecule has 0 aliphatic heterocycles. The summed E-state index contributed by atoms with van der Waals surface area (Å²) in [5.74, 6) is -0.283. The Bertz CT molecular complexity index is 645. The summed E-state index contributed by atoms with van der Waals surface area (Å²) in [6.07, 6.45) is 5.98. The summed E-state index contributed by atoms with van der Waals surface area (Å²) < 4.78 is 0. The Hall–Kier alpha value is -2.01. The maximum absolute atomic E-state index is 11.3. The second kappa shape index (κ2) is 4.10. The van der Waals surface area contributed by atoms with Crippen molar-refractivity contribution in [3.8, 4) is 0 Å². The molecule has 0 fully saturated rings. The Kier molecular flexibility index (Phi) is 2.45. The van der Waals surface area contributed by atoms with Gasteiger partial charge >= 0.3 is 0 Å². The quantitative estimate of drug-likeness (QED) is 0.718. The minimum absolute atomic E-state index is 0.283. The van der Waals surface area contributed by atoms with Crippen LogP contribution in [0.5, 0.6) is 0 Å². The number of hydrogen-bond donors (Lipinski definition) is 1. The molecule has 4 nitrogen and oxygen atoms in total. The van der Waals surface area contributed by atoms with Crippen LogP contribution in [0.4, 0.5) is 0 Å². The van der Waals surface area contributed by atoms with E-state index < -0.39 is 0 Å². The number of H-pyrrole nitrogens is 1. The SMILES string of the molecule is O=CC(c1cccs1)c1cncc2[nH]cnc12. The van der Waals surface area contributed by atoms with Crippen LogP contribution in [0.1, 0.15) is 16.4 Å². The highest BCUT2D eigenvalue weighted by molar-refractivity contribution is 7.10.